The summed E-state index contributed by atoms with van der Waals surface area (Å²) in [6.07, 6.45) is -4.15. The highest BCUT2D eigenvalue weighted by molar-refractivity contribution is 7.99. The van der Waals surface area contributed by atoms with Gasteiger partial charge in [-0.2, -0.15) is 0 Å². The highest BCUT2D eigenvalue weighted by Gasteiger charge is 2.53. The number of carbonyl (C=O) groups is 4. The molecule has 1 heterocycles. The normalized spacial score (nSPS) is 23.9. The molecule has 1 fully saturated rings. The molecule has 5 atom stereocenters. The topological polar surface area (TPSA) is 114 Å². The Kier molecular flexibility index (Phi) is 8.67. The first-order valence-electron chi connectivity index (χ1n) is 9.19. The van der Waals surface area contributed by atoms with Gasteiger partial charge in [0.1, 0.15) is 18.1 Å². The van der Waals surface area contributed by atoms with Crippen LogP contribution in [-0.4, -0.2) is 60.3 Å². The molecule has 0 amide bonds. The highest BCUT2D eigenvalue weighted by Crippen LogP contribution is 2.39. The monoisotopic (exact) mass is 440 g/mol. The van der Waals surface area contributed by atoms with Crippen molar-refractivity contribution in [3.63, 3.8) is 0 Å². The van der Waals surface area contributed by atoms with Crippen molar-refractivity contribution in [1.82, 2.24) is 0 Å². The lowest BCUT2D eigenvalue weighted by atomic mass is 10.1. The van der Waals surface area contributed by atoms with Gasteiger partial charge >= 0.3 is 23.9 Å². The highest BCUT2D eigenvalue weighted by atomic mass is 32.2. The second-order valence-electron chi connectivity index (χ2n) is 6.50. The van der Waals surface area contributed by atoms with E-state index < -0.39 is 53.7 Å². The largest absolute Gasteiger partial charge is 0.462 e. The molecule has 30 heavy (non-hydrogen) atoms. The Morgan fingerprint density at radius 1 is 0.900 bits per heavy atom. The fourth-order valence-electron chi connectivity index (χ4n) is 2.93. The molecule has 2 rings (SSSR count). The van der Waals surface area contributed by atoms with Crippen LogP contribution in [0.3, 0.4) is 0 Å². The second kappa shape index (κ2) is 11.0. The Hall–Kier alpha value is -2.59. The van der Waals surface area contributed by atoms with E-state index in [0.29, 0.717) is 0 Å². The second-order valence-corrected chi connectivity index (χ2v) is 7.67. The number of thioether (sulfide) groups is 1. The average Bonchev–Trinajstić information content (AvgIpc) is 2.95. The summed E-state index contributed by atoms with van der Waals surface area (Å²) in [5, 5.41) is 0. The number of ether oxygens (including phenoxy) is 5. The smallest absolute Gasteiger partial charge is 0.303 e. The van der Waals surface area contributed by atoms with Gasteiger partial charge in [0.25, 0.3) is 0 Å². The SMILES string of the molecule is CC(=O)OC[C@@H](OC(C)=O)[C@@H]1O[C@@H](Sc2ccccc2)[C@H](OC(C)=O)[C@H]1OC(C)=O. The van der Waals surface area contributed by atoms with Crippen molar-refractivity contribution in [3.8, 4) is 0 Å². The number of benzene rings is 1. The maximum absolute atomic E-state index is 11.7. The van der Waals surface area contributed by atoms with Crippen molar-refractivity contribution in [2.24, 2.45) is 0 Å². The third kappa shape index (κ3) is 7.03. The Bertz CT molecular complexity index is 767. The number of hydrogen-bond donors (Lipinski definition) is 0. The van der Waals surface area contributed by atoms with Gasteiger partial charge in [-0.3, -0.25) is 19.2 Å². The maximum atomic E-state index is 11.7. The average molecular weight is 440 g/mol. The molecule has 1 aliphatic heterocycles. The summed E-state index contributed by atoms with van der Waals surface area (Å²) in [6.45, 7) is 4.51. The van der Waals surface area contributed by atoms with Gasteiger partial charge in [0.15, 0.2) is 18.3 Å². The van der Waals surface area contributed by atoms with E-state index in [9.17, 15) is 19.2 Å². The zero-order chi connectivity index (χ0) is 22.3. The maximum Gasteiger partial charge on any atom is 0.303 e. The first-order chi connectivity index (χ1) is 14.2. The van der Waals surface area contributed by atoms with Gasteiger partial charge in [-0.05, 0) is 12.1 Å². The van der Waals surface area contributed by atoms with Gasteiger partial charge in [0, 0.05) is 32.6 Å². The minimum absolute atomic E-state index is 0.313. The number of esters is 4. The van der Waals surface area contributed by atoms with Gasteiger partial charge in [0.05, 0.1) is 0 Å². The van der Waals surface area contributed by atoms with Crippen LogP contribution in [0.25, 0.3) is 0 Å². The fraction of sp³-hybridized carbons (Fsp3) is 0.500. The Labute approximate surface area is 178 Å². The molecule has 0 saturated carbocycles. The molecular weight excluding hydrogens is 416 g/mol. The summed E-state index contributed by atoms with van der Waals surface area (Å²) in [5.41, 5.74) is -0.763. The molecular formula is C20H24O9S. The molecule has 0 unspecified atom stereocenters. The van der Waals surface area contributed by atoms with Crippen LogP contribution < -0.4 is 0 Å². The molecule has 9 nitrogen and oxygen atoms in total. The van der Waals surface area contributed by atoms with Crippen molar-refractivity contribution >= 4 is 35.6 Å². The Morgan fingerprint density at radius 3 is 2.03 bits per heavy atom. The Balaban J connectivity index is 2.35. The summed E-state index contributed by atoms with van der Waals surface area (Å²) in [5.74, 6) is -2.45. The molecule has 0 aliphatic carbocycles. The van der Waals surface area contributed by atoms with E-state index in [2.05, 4.69) is 0 Å². The van der Waals surface area contributed by atoms with E-state index in [1.54, 1.807) is 0 Å². The molecule has 0 aromatic heterocycles. The summed E-state index contributed by atoms with van der Waals surface area (Å²) >= 11 is 1.26. The Morgan fingerprint density at radius 2 is 1.50 bits per heavy atom. The van der Waals surface area contributed by atoms with Crippen LogP contribution in [0, 0.1) is 0 Å². The summed E-state index contributed by atoms with van der Waals surface area (Å²) in [7, 11) is 0. The third-order valence-electron chi connectivity index (χ3n) is 3.94. The molecule has 0 spiro atoms. The van der Waals surface area contributed by atoms with Crippen molar-refractivity contribution in [1.29, 1.82) is 0 Å². The molecule has 0 bridgehead atoms. The minimum atomic E-state index is -1.08. The van der Waals surface area contributed by atoms with Crippen LogP contribution >= 0.6 is 11.8 Å². The van der Waals surface area contributed by atoms with Crippen molar-refractivity contribution in [2.45, 2.75) is 62.4 Å². The molecule has 1 aromatic rings. The number of rotatable bonds is 8. The van der Waals surface area contributed by atoms with Gasteiger partial charge in [-0.1, -0.05) is 30.0 Å². The first kappa shape index (κ1) is 23.7. The van der Waals surface area contributed by atoms with E-state index in [4.69, 9.17) is 23.7 Å². The fourth-order valence-corrected chi connectivity index (χ4v) is 4.04. The predicted molar refractivity (Wildman–Crippen MR) is 104 cm³/mol. The molecule has 0 radical (unpaired) electrons. The summed E-state index contributed by atoms with van der Waals surface area (Å²) in [6, 6.07) is 9.21. The quantitative estimate of drug-likeness (QED) is 0.438. The van der Waals surface area contributed by atoms with Crippen molar-refractivity contribution in [3.05, 3.63) is 30.3 Å². The predicted octanol–water partition coefficient (Wildman–Crippen LogP) is 1.86. The van der Waals surface area contributed by atoms with Crippen LogP contribution in [0.4, 0.5) is 0 Å². The van der Waals surface area contributed by atoms with Crippen LogP contribution in [0.15, 0.2) is 35.2 Å². The van der Waals surface area contributed by atoms with Gasteiger partial charge in [-0.25, -0.2) is 0 Å². The third-order valence-corrected chi connectivity index (χ3v) is 5.10. The van der Waals surface area contributed by atoms with Gasteiger partial charge in [-0.15, -0.1) is 0 Å². The van der Waals surface area contributed by atoms with Gasteiger partial charge < -0.3 is 23.7 Å². The van der Waals surface area contributed by atoms with Crippen molar-refractivity contribution in [2.75, 3.05) is 6.61 Å². The zero-order valence-electron chi connectivity index (χ0n) is 17.1. The molecule has 0 N–H and O–H groups in total. The molecule has 1 aliphatic rings. The van der Waals surface area contributed by atoms with E-state index in [1.165, 1.54) is 39.5 Å². The number of carbonyl (C=O) groups excluding carboxylic acids is 4. The lowest BCUT2D eigenvalue weighted by Gasteiger charge is -2.27. The standard InChI is InChI=1S/C20H24O9S/c1-11(21)25-10-16(26-12(2)22)17-18(27-13(3)23)19(28-14(4)24)20(29-17)30-15-8-6-5-7-9-15/h5-9,16-20H,10H2,1-4H3/t16-,17+,18+,19-,20+/m1/s1. The molecule has 164 valence electrons. The van der Waals surface area contributed by atoms with Crippen molar-refractivity contribution < 1.29 is 42.9 Å². The summed E-state index contributed by atoms with van der Waals surface area (Å²) < 4.78 is 27.1. The zero-order valence-corrected chi connectivity index (χ0v) is 17.9. The lowest BCUT2D eigenvalue weighted by Crippen LogP contribution is -2.46. The van der Waals surface area contributed by atoms with E-state index in [1.807, 2.05) is 30.3 Å². The molecule has 1 aromatic carbocycles. The van der Waals surface area contributed by atoms with Crippen LogP contribution in [0.1, 0.15) is 27.7 Å². The van der Waals surface area contributed by atoms with E-state index in [-0.39, 0.29) is 6.61 Å². The minimum Gasteiger partial charge on any atom is -0.462 e. The summed E-state index contributed by atoms with van der Waals surface area (Å²) in [4.78, 5) is 47.1. The molecule has 10 heteroatoms. The lowest BCUT2D eigenvalue weighted by molar-refractivity contribution is -0.176. The van der Waals surface area contributed by atoms with E-state index >= 15 is 0 Å². The number of hydrogen-bond acceptors (Lipinski definition) is 10. The van der Waals surface area contributed by atoms with Crippen LogP contribution in [0.5, 0.6) is 0 Å². The van der Waals surface area contributed by atoms with E-state index in [0.717, 1.165) is 4.90 Å². The molecule has 1 saturated heterocycles. The van der Waals surface area contributed by atoms with Gasteiger partial charge in [0.2, 0.25) is 0 Å². The first-order valence-corrected chi connectivity index (χ1v) is 10.1. The van der Waals surface area contributed by atoms with Crippen LogP contribution in [-0.2, 0) is 42.9 Å². The van der Waals surface area contributed by atoms with Crippen LogP contribution in [0.2, 0.25) is 0 Å².